The molecule has 0 radical (unpaired) electrons. The maximum Gasteiger partial charge on any atom is 0.422 e. The van der Waals surface area contributed by atoms with Crippen LogP contribution >= 0.6 is 15.9 Å². The quantitative estimate of drug-likeness (QED) is 0.926. The predicted octanol–water partition coefficient (Wildman–Crippen LogP) is 3.44. The average Bonchev–Trinajstić information content (AvgIpc) is 2.13. The normalized spacial score (nSPS) is 13.6. The van der Waals surface area contributed by atoms with Crippen LogP contribution in [-0.4, -0.2) is 17.9 Å². The van der Waals surface area contributed by atoms with Gasteiger partial charge in [-0.15, -0.1) is 0 Å². The lowest BCUT2D eigenvalue weighted by atomic mass is 10.1. The minimum atomic E-state index is -4.39. The van der Waals surface area contributed by atoms with Gasteiger partial charge in [-0.2, -0.15) is 13.2 Å². The molecule has 16 heavy (non-hydrogen) atoms. The number of alkyl halides is 3. The van der Waals surface area contributed by atoms with E-state index < -0.39 is 18.9 Å². The largest absolute Gasteiger partial charge is 0.484 e. The Kier molecular flexibility index (Phi) is 4.21. The number of halogens is 4. The molecule has 0 aromatic heterocycles. The molecular formula is C10H10BrF3O2. The Hall–Kier alpha value is -0.750. The first kappa shape index (κ1) is 13.3. The molecule has 1 rings (SSSR count). The maximum atomic E-state index is 12.0. The lowest BCUT2D eigenvalue weighted by Crippen LogP contribution is -2.20. The molecule has 2 nitrogen and oxygen atoms in total. The fourth-order valence-corrected chi connectivity index (χ4v) is 1.48. The van der Waals surface area contributed by atoms with Gasteiger partial charge in [0.1, 0.15) is 5.75 Å². The summed E-state index contributed by atoms with van der Waals surface area (Å²) in [4.78, 5) is 0. The Bertz CT molecular complexity index is 364. The molecule has 0 amide bonds. The highest BCUT2D eigenvalue weighted by atomic mass is 79.9. The molecular weight excluding hydrogens is 289 g/mol. The summed E-state index contributed by atoms with van der Waals surface area (Å²) in [6.45, 7) is 0.0901. The lowest BCUT2D eigenvalue weighted by Gasteiger charge is -2.15. The van der Waals surface area contributed by atoms with Gasteiger partial charge in [-0.25, -0.2) is 0 Å². The third-order valence-electron chi connectivity index (χ3n) is 1.82. The summed E-state index contributed by atoms with van der Waals surface area (Å²) < 4.78 is 41.1. The third-order valence-corrected chi connectivity index (χ3v) is 2.31. The molecule has 1 aromatic rings. The molecule has 90 valence electrons. The molecule has 1 aromatic carbocycles. The smallest absolute Gasteiger partial charge is 0.422 e. The van der Waals surface area contributed by atoms with Crippen LogP contribution in [0.25, 0.3) is 0 Å². The molecule has 0 aliphatic heterocycles. The Morgan fingerprint density at radius 3 is 2.56 bits per heavy atom. The van der Waals surface area contributed by atoms with E-state index >= 15 is 0 Å². The molecule has 1 atom stereocenters. The van der Waals surface area contributed by atoms with Crippen LogP contribution in [-0.2, 0) is 0 Å². The molecule has 0 bridgehead atoms. The van der Waals surface area contributed by atoms with Crippen LogP contribution in [0.3, 0.4) is 0 Å². The van der Waals surface area contributed by atoms with E-state index in [0.29, 0.717) is 10.0 Å². The first-order valence-corrected chi connectivity index (χ1v) is 5.26. The Labute approximate surface area is 99.2 Å². The van der Waals surface area contributed by atoms with Crippen LogP contribution in [0.1, 0.15) is 18.6 Å². The average molecular weight is 299 g/mol. The molecule has 1 unspecified atom stereocenters. The van der Waals surface area contributed by atoms with Crippen molar-refractivity contribution in [2.75, 3.05) is 6.61 Å². The number of ether oxygens (including phenoxy) is 1. The van der Waals surface area contributed by atoms with E-state index in [9.17, 15) is 18.3 Å². The van der Waals surface area contributed by atoms with Crippen LogP contribution in [0, 0.1) is 0 Å². The van der Waals surface area contributed by atoms with Gasteiger partial charge in [0, 0.05) is 10.0 Å². The SMILES string of the molecule is CC(O)c1ccc(Br)cc1OCC(F)(F)F. The maximum absolute atomic E-state index is 12.0. The monoisotopic (exact) mass is 298 g/mol. The van der Waals surface area contributed by atoms with Gasteiger partial charge >= 0.3 is 6.18 Å². The zero-order chi connectivity index (χ0) is 12.3. The number of benzene rings is 1. The second kappa shape index (κ2) is 5.05. The summed E-state index contributed by atoms with van der Waals surface area (Å²) in [6.07, 6.45) is -5.27. The highest BCUT2D eigenvalue weighted by Gasteiger charge is 2.29. The van der Waals surface area contributed by atoms with E-state index in [4.69, 9.17) is 0 Å². The summed E-state index contributed by atoms with van der Waals surface area (Å²) in [7, 11) is 0. The van der Waals surface area contributed by atoms with Gasteiger partial charge in [-0.3, -0.25) is 0 Å². The standard InChI is InChI=1S/C10H10BrF3O2/c1-6(15)8-3-2-7(11)4-9(8)16-5-10(12,13)14/h2-4,6,15H,5H2,1H3. The Morgan fingerprint density at radius 2 is 2.06 bits per heavy atom. The van der Waals surface area contributed by atoms with E-state index in [-0.39, 0.29) is 5.75 Å². The van der Waals surface area contributed by atoms with E-state index in [2.05, 4.69) is 20.7 Å². The molecule has 0 fully saturated rings. The summed E-state index contributed by atoms with van der Waals surface area (Å²) in [5.41, 5.74) is 0.326. The number of aliphatic hydroxyl groups is 1. The summed E-state index contributed by atoms with van der Waals surface area (Å²) in [5.74, 6) is 0.0294. The molecule has 6 heteroatoms. The van der Waals surface area contributed by atoms with Crippen molar-refractivity contribution in [1.29, 1.82) is 0 Å². The van der Waals surface area contributed by atoms with Gasteiger partial charge in [0.05, 0.1) is 6.10 Å². The van der Waals surface area contributed by atoms with Gasteiger partial charge in [-0.05, 0) is 19.1 Å². The van der Waals surface area contributed by atoms with Gasteiger partial charge in [0.15, 0.2) is 6.61 Å². The van der Waals surface area contributed by atoms with Gasteiger partial charge in [0.25, 0.3) is 0 Å². The summed E-state index contributed by atoms with van der Waals surface area (Å²) in [6, 6.07) is 4.54. The van der Waals surface area contributed by atoms with Crippen molar-refractivity contribution in [2.45, 2.75) is 19.2 Å². The summed E-state index contributed by atoms with van der Waals surface area (Å²) in [5, 5.41) is 9.35. The van der Waals surface area contributed by atoms with Gasteiger partial charge < -0.3 is 9.84 Å². The van der Waals surface area contributed by atoms with Crippen LogP contribution in [0.4, 0.5) is 13.2 Å². The lowest BCUT2D eigenvalue weighted by molar-refractivity contribution is -0.153. The number of rotatable bonds is 3. The molecule has 0 saturated heterocycles. The second-order valence-corrected chi connectivity index (χ2v) is 4.18. The Balaban J connectivity index is 2.88. The van der Waals surface area contributed by atoms with Crippen molar-refractivity contribution < 1.29 is 23.0 Å². The van der Waals surface area contributed by atoms with Crippen molar-refractivity contribution in [3.8, 4) is 5.75 Å². The van der Waals surface area contributed by atoms with Crippen molar-refractivity contribution in [2.24, 2.45) is 0 Å². The first-order valence-electron chi connectivity index (χ1n) is 4.46. The second-order valence-electron chi connectivity index (χ2n) is 3.26. The molecule has 0 spiro atoms. The highest BCUT2D eigenvalue weighted by molar-refractivity contribution is 9.10. The minimum absolute atomic E-state index is 0.0294. The van der Waals surface area contributed by atoms with Gasteiger partial charge in [0.2, 0.25) is 0 Å². The van der Waals surface area contributed by atoms with E-state index in [1.807, 2.05) is 0 Å². The van der Waals surface area contributed by atoms with E-state index in [0.717, 1.165) is 0 Å². The van der Waals surface area contributed by atoms with Crippen molar-refractivity contribution in [1.82, 2.24) is 0 Å². The third kappa shape index (κ3) is 4.02. The molecule has 0 saturated carbocycles. The van der Waals surface area contributed by atoms with E-state index in [1.165, 1.54) is 19.1 Å². The molecule has 0 aliphatic carbocycles. The zero-order valence-corrected chi connectivity index (χ0v) is 9.97. The van der Waals surface area contributed by atoms with Crippen LogP contribution in [0.5, 0.6) is 5.75 Å². The molecule has 0 heterocycles. The topological polar surface area (TPSA) is 29.5 Å². The fourth-order valence-electron chi connectivity index (χ4n) is 1.14. The van der Waals surface area contributed by atoms with Crippen LogP contribution < -0.4 is 4.74 Å². The molecule has 1 N–H and O–H groups in total. The number of aliphatic hydroxyl groups excluding tert-OH is 1. The van der Waals surface area contributed by atoms with E-state index in [1.54, 1.807) is 6.07 Å². The molecule has 0 aliphatic rings. The highest BCUT2D eigenvalue weighted by Crippen LogP contribution is 2.29. The Morgan fingerprint density at radius 1 is 1.44 bits per heavy atom. The first-order chi connectivity index (χ1) is 7.29. The number of hydrogen-bond acceptors (Lipinski definition) is 2. The van der Waals surface area contributed by atoms with Crippen molar-refractivity contribution in [3.05, 3.63) is 28.2 Å². The van der Waals surface area contributed by atoms with Crippen LogP contribution in [0.15, 0.2) is 22.7 Å². The van der Waals surface area contributed by atoms with Crippen molar-refractivity contribution in [3.63, 3.8) is 0 Å². The van der Waals surface area contributed by atoms with Crippen LogP contribution in [0.2, 0.25) is 0 Å². The summed E-state index contributed by atoms with van der Waals surface area (Å²) >= 11 is 3.12. The predicted molar refractivity (Wildman–Crippen MR) is 56.3 cm³/mol. The zero-order valence-electron chi connectivity index (χ0n) is 8.38. The minimum Gasteiger partial charge on any atom is -0.484 e. The number of hydrogen-bond donors (Lipinski definition) is 1. The van der Waals surface area contributed by atoms with Crippen molar-refractivity contribution >= 4 is 15.9 Å². The fraction of sp³-hybridized carbons (Fsp3) is 0.400. The van der Waals surface area contributed by atoms with Gasteiger partial charge in [-0.1, -0.05) is 22.0 Å².